The summed E-state index contributed by atoms with van der Waals surface area (Å²) >= 11 is 0. The van der Waals surface area contributed by atoms with Crippen LogP contribution in [0.3, 0.4) is 0 Å². The predicted octanol–water partition coefficient (Wildman–Crippen LogP) is 3.01. The molecule has 0 spiro atoms. The van der Waals surface area contributed by atoms with E-state index in [4.69, 9.17) is 0 Å². The number of benzene rings is 2. The molecule has 0 atom stereocenters. The first-order valence-corrected chi connectivity index (χ1v) is 7.21. The Labute approximate surface area is 133 Å². The lowest BCUT2D eigenvalue weighted by atomic mass is 10.1. The van der Waals surface area contributed by atoms with Crippen LogP contribution in [0.1, 0.15) is 11.1 Å². The van der Waals surface area contributed by atoms with Gasteiger partial charge in [0.05, 0.1) is 0 Å². The second-order valence-electron chi connectivity index (χ2n) is 4.97. The topological polar surface area (TPSA) is 36.4 Å². The number of nitrogens with one attached hydrogen (secondary N) is 2. The quantitative estimate of drug-likeness (QED) is 0.656. The van der Waals surface area contributed by atoms with Crippen LogP contribution >= 0.6 is 0 Å². The van der Waals surface area contributed by atoms with Crippen molar-refractivity contribution < 1.29 is 13.2 Å². The summed E-state index contributed by atoms with van der Waals surface area (Å²) in [5, 5.41) is 5.95. The van der Waals surface area contributed by atoms with Crippen LogP contribution in [-0.4, -0.2) is 19.6 Å². The lowest BCUT2D eigenvalue weighted by molar-refractivity contribution is 0.581. The fourth-order valence-electron chi connectivity index (χ4n) is 2.10. The number of nitrogens with zero attached hydrogens (tertiary/aromatic N) is 1. The Hall–Kier alpha value is -2.50. The molecule has 0 saturated heterocycles. The molecule has 0 radical (unpaired) electrons. The van der Waals surface area contributed by atoms with Gasteiger partial charge in [0.15, 0.2) is 5.96 Å². The Morgan fingerprint density at radius 3 is 2.52 bits per heavy atom. The molecule has 0 aliphatic rings. The largest absolute Gasteiger partial charge is 0.356 e. The smallest absolute Gasteiger partial charge is 0.191 e. The van der Waals surface area contributed by atoms with Crippen LogP contribution < -0.4 is 10.6 Å². The van der Waals surface area contributed by atoms with Gasteiger partial charge in [-0.1, -0.05) is 12.1 Å². The monoisotopic (exact) mass is 321 g/mol. The van der Waals surface area contributed by atoms with Crippen LogP contribution in [0.15, 0.2) is 47.5 Å². The minimum absolute atomic E-state index is 0.114. The lowest BCUT2D eigenvalue weighted by Gasteiger charge is -2.12. The van der Waals surface area contributed by atoms with Gasteiger partial charge in [-0.05, 0) is 42.3 Å². The molecule has 2 aromatic carbocycles. The minimum atomic E-state index is -0.489. The molecule has 0 bridgehead atoms. The third-order valence-electron chi connectivity index (χ3n) is 3.27. The van der Waals surface area contributed by atoms with Crippen molar-refractivity contribution in [1.82, 2.24) is 10.6 Å². The molecule has 6 heteroatoms. The van der Waals surface area contributed by atoms with E-state index in [0.29, 0.717) is 18.9 Å². The summed E-state index contributed by atoms with van der Waals surface area (Å²) in [6, 6.07) is 9.66. The van der Waals surface area contributed by atoms with Gasteiger partial charge < -0.3 is 10.6 Å². The summed E-state index contributed by atoms with van der Waals surface area (Å²) in [4.78, 5) is 4.01. The van der Waals surface area contributed by atoms with Gasteiger partial charge in [0.2, 0.25) is 0 Å². The van der Waals surface area contributed by atoms with Crippen molar-refractivity contribution in [3.63, 3.8) is 0 Å². The number of halogens is 3. The van der Waals surface area contributed by atoms with E-state index in [1.165, 1.54) is 12.1 Å². The molecule has 0 heterocycles. The van der Waals surface area contributed by atoms with Crippen LogP contribution in [-0.2, 0) is 13.0 Å². The maximum absolute atomic E-state index is 13.5. The molecule has 0 aromatic heterocycles. The van der Waals surface area contributed by atoms with Gasteiger partial charge in [-0.2, -0.15) is 0 Å². The molecular formula is C17H18F3N3. The van der Waals surface area contributed by atoms with E-state index in [1.807, 2.05) is 6.07 Å². The zero-order valence-corrected chi connectivity index (χ0v) is 12.7. The van der Waals surface area contributed by atoms with Crippen LogP contribution in [0.5, 0.6) is 0 Å². The zero-order valence-electron chi connectivity index (χ0n) is 12.7. The predicted molar refractivity (Wildman–Crippen MR) is 84.7 cm³/mol. The third kappa shape index (κ3) is 5.32. The first kappa shape index (κ1) is 16.9. The summed E-state index contributed by atoms with van der Waals surface area (Å²) in [7, 11) is 1.58. The molecular weight excluding hydrogens is 303 g/mol. The molecule has 23 heavy (non-hydrogen) atoms. The highest BCUT2D eigenvalue weighted by Crippen LogP contribution is 2.09. The van der Waals surface area contributed by atoms with E-state index in [0.717, 1.165) is 23.8 Å². The van der Waals surface area contributed by atoms with E-state index >= 15 is 0 Å². The van der Waals surface area contributed by atoms with Gasteiger partial charge >= 0.3 is 0 Å². The van der Waals surface area contributed by atoms with Crippen molar-refractivity contribution in [2.45, 2.75) is 13.0 Å². The van der Waals surface area contributed by atoms with Gasteiger partial charge in [0.1, 0.15) is 17.5 Å². The van der Waals surface area contributed by atoms with Crippen molar-refractivity contribution in [2.75, 3.05) is 13.6 Å². The Morgan fingerprint density at radius 2 is 1.78 bits per heavy atom. The molecule has 2 N–H and O–H groups in total. The van der Waals surface area contributed by atoms with Crippen LogP contribution in [0.25, 0.3) is 0 Å². The first-order valence-electron chi connectivity index (χ1n) is 7.21. The van der Waals surface area contributed by atoms with Crippen molar-refractivity contribution in [2.24, 2.45) is 4.99 Å². The molecule has 0 unspecified atom stereocenters. The number of guanidine groups is 1. The summed E-state index contributed by atoms with van der Waals surface area (Å²) in [5.74, 6) is -0.775. The zero-order chi connectivity index (χ0) is 16.7. The standard InChI is InChI=1S/C17H18F3N3/c1-21-17(22-8-7-12-3-2-4-14(18)9-12)23-11-13-10-15(19)5-6-16(13)20/h2-6,9-10H,7-8,11H2,1H3,(H2,21,22,23). The van der Waals surface area contributed by atoms with E-state index < -0.39 is 11.6 Å². The number of hydrogen-bond acceptors (Lipinski definition) is 1. The molecule has 0 fully saturated rings. The third-order valence-corrected chi connectivity index (χ3v) is 3.27. The fraction of sp³-hybridized carbons (Fsp3) is 0.235. The molecule has 0 amide bonds. The SMILES string of the molecule is CN=C(NCCc1cccc(F)c1)NCc1cc(F)ccc1F. The normalized spacial score (nSPS) is 11.4. The van der Waals surface area contributed by atoms with Gasteiger partial charge in [-0.15, -0.1) is 0 Å². The second-order valence-corrected chi connectivity index (χ2v) is 4.97. The summed E-state index contributed by atoms with van der Waals surface area (Å²) in [5.41, 5.74) is 1.09. The average Bonchev–Trinajstić information content (AvgIpc) is 2.53. The Kier molecular flexibility index (Phi) is 6.02. The summed E-state index contributed by atoms with van der Waals surface area (Å²) in [6.45, 7) is 0.651. The van der Waals surface area contributed by atoms with E-state index in [9.17, 15) is 13.2 Å². The van der Waals surface area contributed by atoms with E-state index in [2.05, 4.69) is 15.6 Å². The van der Waals surface area contributed by atoms with Crippen LogP contribution in [0, 0.1) is 17.5 Å². The minimum Gasteiger partial charge on any atom is -0.356 e. The molecule has 2 aromatic rings. The lowest BCUT2D eigenvalue weighted by Crippen LogP contribution is -2.38. The fourth-order valence-corrected chi connectivity index (χ4v) is 2.10. The number of rotatable bonds is 5. The summed E-state index contributed by atoms with van der Waals surface area (Å²) < 4.78 is 39.7. The van der Waals surface area contributed by atoms with Crippen molar-refractivity contribution in [3.8, 4) is 0 Å². The van der Waals surface area contributed by atoms with Crippen LogP contribution in [0.4, 0.5) is 13.2 Å². The molecule has 2 rings (SSSR count). The van der Waals surface area contributed by atoms with Gasteiger partial charge in [-0.25, -0.2) is 13.2 Å². The highest BCUT2D eigenvalue weighted by molar-refractivity contribution is 5.79. The van der Waals surface area contributed by atoms with Gasteiger partial charge in [0.25, 0.3) is 0 Å². The highest BCUT2D eigenvalue weighted by atomic mass is 19.1. The number of aliphatic imine (C=N–C) groups is 1. The van der Waals surface area contributed by atoms with Crippen molar-refractivity contribution >= 4 is 5.96 Å². The van der Waals surface area contributed by atoms with Gasteiger partial charge in [-0.3, -0.25) is 4.99 Å². The van der Waals surface area contributed by atoms with E-state index in [1.54, 1.807) is 13.1 Å². The number of hydrogen-bond donors (Lipinski definition) is 2. The van der Waals surface area contributed by atoms with Crippen LogP contribution in [0.2, 0.25) is 0 Å². The second kappa shape index (κ2) is 8.22. The Bertz CT molecular complexity index is 687. The maximum Gasteiger partial charge on any atom is 0.191 e. The molecule has 0 aliphatic heterocycles. The maximum atomic E-state index is 13.5. The average molecular weight is 321 g/mol. The van der Waals surface area contributed by atoms with Crippen molar-refractivity contribution in [3.05, 3.63) is 71.0 Å². The Balaban J connectivity index is 1.83. The molecule has 3 nitrogen and oxygen atoms in total. The first-order chi connectivity index (χ1) is 11.1. The molecule has 0 saturated carbocycles. The highest BCUT2D eigenvalue weighted by Gasteiger charge is 2.05. The molecule has 122 valence electrons. The molecule has 0 aliphatic carbocycles. The van der Waals surface area contributed by atoms with Crippen molar-refractivity contribution in [1.29, 1.82) is 0 Å². The van der Waals surface area contributed by atoms with E-state index in [-0.39, 0.29) is 17.9 Å². The Morgan fingerprint density at radius 1 is 1.00 bits per heavy atom. The van der Waals surface area contributed by atoms with Gasteiger partial charge in [0, 0.05) is 25.7 Å². The summed E-state index contributed by atoms with van der Waals surface area (Å²) in [6.07, 6.45) is 0.618.